The predicted molar refractivity (Wildman–Crippen MR) is 92.2 cm³/mol. The third-order valence-corrected chi connectivity index (χ3v) is 5.16. The Labute approximate surface area is 139 Å². The summed E-state index contributed by atoms with van der Waals surface area (Å²) in [4.78, 5) is 14.5. The van der Waals surface area contributed by atoms with Crippen LogP contribution in [0.5, 0.6) is 0 Å². The summed E-state index contributed by atoms with van der Waals surface area (Å²) in [6, 6.07) is 6.98. The number of hydrogen-bond donors (Lipinski definition) is 1. The predicted octanol–water partition coefficient (Wildman–Crippen LogP) is 1.69. The summed E-state index contributed by atoms with van der Waals surface area (Å²) in [7, 11) is -1.13. The molecule has 0 unspecified atom stereocenters. The average Bonchev–Trinajstić information content (AvgIpc) is 2.51. The van der Waals surface area contributed by atoms with Gasteiger partial charge in [0, 0.05) is 24.9 Å². The monoisotopic (exact) mass is 338 g/mol. The van der Waals surface area contributed by atoms with Crippen molar-refractivity contribution in [3.8, 4) is 0 Å². The summed E-state index contributed by atoms with van der Waals surface area (Å²) in [6.07, 6.45) is 4.44. The zero-order valence-electron chi connectivity index (χ0n) is 13.9. The number of likely N-dealkylation sites (tertiary alicyclic amines) is 1. The number of carbonyl (C=O) groups is 1. The highest BCUT2D eigenvalue weighted by Gasteiger charge is 2.23. The third-order valence-electron chi connectivity index (χ3n) is 4.31. The Balaban J connectivity index is 1.97. The van der Waals surface area contributed by atoms with Crippen LogP contribution in [0, 0.1) is 5.92 Å². The Bertz CT molecular complexity index is 635. The second-order valence-corrected chi connectivity index (χ2v) is 8.54. The van der Waals surface area contributed by atoms with Crippen molar-refractivity contribution in [1.82, 2.24) is 10.2 Å². The Morgan fingerprint density at radius 2 is 2.00 bits per heavy atom. The van der Waals surface area contributed by atoms with Crippen molar-refractivity contribution < 1.29 is 13.2 Å². The molecule has 0 aliphatic carbocycles. The molecule has 1 saturated heterocycles. The number of amides is 1. The molecule has 23 heavy (non-hydrogen) atoms. The molecule has 0 radical (unpaired) electrons. The van der Waals surface area contributed by atoms with Gasteiger partial charge in [-0.1, -0.05) is 12.1 Å². The van der Waals surface area contributed by atoms with Gasteiger partial charge in [-0.3, -0.25) is 4.79 Å². The number of nitrogens with one attached hydrogen (secondary N) is 1. The largest absolute Gasteiger partial charge is 0.339 e. The number of nitrogens with zero attached hydrogens (tertiary/aromatic N) is 1. The van der Waals surface area contributed by atoms with Gasteiger partial charge in [0.1, 0.15) is 0 Å². The maximum Gasteiger partial charge on any atom is 0.253 e. The van der Waals surface area contributed by atoms with E-state index < -0.39 is 9.84 Å². The lowest BCUT2D eigenvalue weighted by Gasteiger charge is -2.32. The number of sulfone groups is 1. The molecule has 1 aromatic carbocycles. The highest BCUT2D eigenvalue weighted by molar-refractivity contribution is 7.89. The molecular formula is C17H26N2O3S. The molecule has 128 valence electrons. The van der Waals surface area contributed by atoms with Gasteiger partial charge in [0.15, 0.2) is 9.84 Å². The second kappa shape index (κ2) is 7.93. The van der Waals surface area contributed by atoms with Crippen LogP contribution in [0.15, 0.2) is 24.3 Å². The van der Waals surface area contributed by atoms with Gasteiger partial charge in [-0.15, -0.1) is 0 Å². The molecule has 1 N–H and O–H groups in total. The minimum Gasteiger partial charge on any atom is -0.339 e. The highest BCUT2D eigenvalue weighted by Crippen LogP contribution is 2.22. The lowest BCUT2D eigenvalue weighted by molar-refractivity contribution is 0.0687. The zero-order chi connectivity index (χ0) is 16.9. The summed E-state index contributed by atoms with van der Waals surface area (Å²) in [5.41, 5.74) is 1.25. The van der Waals surface area contributed by atoms with E-state index in [0.29, 0.717) is 17.0 Å². The van der Waals surface area contributed by atoms with Crippen molar-refractivity contribution in [2.45, 2.75) is 25.0 Å². The summed E-state index contributed by atoms with van der Waals surface area (Å²) in [5, 5.41) is 3.17. The highest BCUT2D eigenvalue weighted by atomic mass is 32.2. The standard InChI is InChI=1S/C17H26N2O3S/c1-18-9-6-14-7-10-19(11-8-14)17(20)16-5-3-4-15(12-16)13-23(2,21)22/h3-5,12,14,18H,6-11,13H2,1-2H3. The fourth-order valence-corrected chi connectivity index (χ4v) is 3.84. The quantitative estimate of drug-likeness (QED) is 0.857. The maximum atomic E-state index is 12.6. The number of carbonyl (C=O) groups excluding carboxylic acids is 1. The first kappa shape index (κ1) is 17.9. The molecule has 1 amide bonds. The van der Waals surface area contributed by atoms with Gasteiger partial charge >= 0.3 is 0 Å². The summed E-state index contributed by atoms with van der Waals surface area (Å²) < 4.78 is 22.8. The molecule has 0 spiro atoms. The molecule has 1 heterocycles. The van der Waals surface area contributed by atoms with E-state index in [1.807, 2.05) is 11.9 Å². The van der Waals surface area contributed by atoms with Crippen LogP contribution in [0.3, 0.4) is 0 Å². The normalized spacial score (nSPS) is 16.5. The first-order valence-electron chi connectivity index (χ1n) is 8.09. The Hall–Kier alpha value is -1.40. The van der Waals surface area contributed by atoms with Crippen molar-refractivity contribution in [2.24, 2.45) is 5.92 Å². The van der Waals surface area contributed by atoms with Crippen LogP contribution < -0.4 is 5.32 Å². The van der Waals surface area contributed by atoms with Gasteiger partial charge in [0.05, 0.1) is 5.75 Å². The zero-order valence-corrected chi connectivity index (χ0v) is 14.7. The van der Waals surface area contributed by atoms with Crippen LogP contribution in [0.25, 0.3) is 0 Å². The van der Waals surface area contributed by atoms with Crippen molar-refractivity contribution in [2.75, 3.05) is 32.9 Å². The lowest BCUT2D eigenvalue weighted by Crippen LogP contribution is -2.39. The topological polar surface area (TPSA) is 66.5 Å². The third kappa shape index (κ3) is 5.62. The second-order valence-electron chi connectivity index (χ2n) is 6.40. The summed E-state index contributed by atoms with van der Waals surface area (Å²) in [5.74, 6) is 0.663. The number of piperidine rings is 1. The van der Waals surface area contributed by atoms with Gasteiger partial charge in [-0.2, -0.15) is 0 Å². The van der Waals surface area contributed by atoms with E-state index in [1.165, 1.54) is 6.26 Å². The van der Waals surface area contributed by atoms with Crippen LogP contribution in [-0.4, -0.2) is 52.2 Å². The molecule has 1 aromatic rings. The van der Waals surface area contributed by atoms with Crippen molar-refractivity contribution in [3.05, 3.63) is 35.4 Å². The van der Waals surface area contributed by atoms with Crippen LogP contribution >= 0.6 is 0 Å². The van der Waals surface area contributed by atoms with Crippen LogP contribution in [0.1, 0.15) is 35.2 Å². The fraction of sp³-hybridized carbons (Fsp3) is 0.588. The van der Waals surface area contributed by atoms with Crippen molar-refractivity contribution in [1.29, 1.82) is 0 Å². The van der Waals surface area contributed by atoms with Gasteiger partial charge in [0.2, 0.25) is 0 Å². The molecule has 0 bridgehead atoms. The van der Waals surface area contributed by atoms with Crippen molar-refractivity contribution >= 4 is 15.7 Å². The smallest absolute Gasteiger partial charge is 0.253 e. The van der Waals surface area contributed by atoms with Gasteiger partial charge in [-0.05, 0) is 56.5 Å². The Morgan fingerprint density at radius 3 is 2.61 bits per heavy atom. The first-order chi connectivity index (χ1) is 10.9. The van der Waals surface area contributed by atoms with E-state index in [9.17, 15) is 13.2 Å². The molecule has 5 nitrogen and oxygen atoms in total. The van der Waals surface area contributed by atoms with Crippen LogP contribution in [-0.2, 0) is 15.6 Å². The van der Waals surface area contributed by atoms with Crippen molar-refractivity contribution in [3.63, 3.8) is 0 Å². The SMILES string of the molecule is CNCCC1CCN(C(=O)c2cccc(CS(C)(=O)=O)c2)CC1. The summed E-state index contributed by atoms with van der Waals surface area (Å²) >= 11 is 0. The Morgan fingerprint density at radius 1 is 1.30 bits per heavy atom. The maximum absolute atomic E-state index is 12.6. The van der Waals surface area contributed by atoms with E-state index in [0.717, 1.165) is 38.9 Å². The molecular weight excluding hydrogens is 312 g/mol. The first-order valence-corrected chi connectivity index (χ1v) is 10.2. The van der Waals surface area contributed by atoms with Gasteiger partial charge in [-0.25, -0.2) is 8.42 Å². The van der Waals surface area contributed by atoms with E-state index in [2.05, 4.69) is 5.32 Å². The number of benzene rings is 1. The van der Waals surface area contributed by atoms with Gasteiger partial charge in [0.25, 0.3) is 5.91 Å². The van der Waals surface area contributed by atoms with Crippen LogP contribution in [0.4, 0.5) is 0 Å². The average molecular weight is 338 g/mol. The molecule has 1 aliphatic heterocycles. The summed E-state index contributed by atoms with van der Waals surface area (Å²) in [6.45, 7) is 2.58. The molecule has 6 heteroatoms. The lowest BCUT2D eigenvalue weighted by atomic mass is 9.93. The van der Waals surface area contributed by atoms with Gasteiger partial charge < -0.3 is 10.2 Å². The molecule has 2 rings (SSSR count). The fourth-order valence-electron chi connectivity index (χ4n) is 3.05. The number of hydrogen-bond acceptors (Lipinski definition) is 4. The molecule has 0 atom stereocenters. The van der Waals surface area contributed by atoms with E-state index >= 15 is 0 Å². The molecule has 0 saturated carbocycles. The van der Waals surface area contributed by atoms with Crippen LogP contribution in [0.2, 0.25) is 0 Å². The minimum atomic E-state index is -3.09. The van der Waals surface area contributed by atoms with E-state index in [4.69, 9.17) is 0 Å². The molecule has 1 aliphatic rings. The van der Waals surface area contributed by atoms with E-state index in [1.54, 1.807) is 24.3 Å². The minimum absolute atomic E-state index is 0.00687. The van der Waals surface area contributed by atoms with E-state index in [-0.39, 0.29) is 11.7 Å². The molecule has 0 aromatic heterocycles. The molecule has 1 fully saturated rings. The number of rotatable bonds is 6. The Kier molecular flexibility index (Phi) is 6.18.